The minimum Gasteiger partial charge on any atom is -0.465 e. The fraction of sp³-hybridized carbons (Fsp3) is 0.571. The highest BCUT2D eigenvalue weighted by Crippen LogP contribution is 2.01. The zero-order valence-electron chi connectivity index (χ0n) is 7.91. The Balaban J connectivity index is 4.22. The lowest BCUT2D eigenvalue weighted by Gasteiger charge is -2.07. The molecule has 0 rings (SSSR count). The summed E-state index contributed by atoms with van der Waals surface area (Å²) < 4.78 is 4.64. The van der Waals surface area contributed by atoms with E-state index in [4.69, 9.17) is 17.3 Å². The molecule has 0 heterocycles. The van der Waals surface area contributed by atoms with Gasteiger partial charge in [-0.05, 0) is 13.8 Å². The number of nitrogens with two attached hydrogens (primary N) is 1. The van der Waals surface area contributed by atoms with Crippen LogP contribution in [0.5, 0.6) is 0 Å². The molecule has 80 valence electrons. The van der Waals surface area contributed by atoms with Gasteiger partial charge in [0.15, 0.2) is 5.38 Å². The number of halogens is 1. The summed E-state index contributed by atoms with van der Waals surface area (Å²) >= 11 is 5.65. The first-order chi connectivity index (χ1) is 6.49. The van der Waals surface area contributed by atoms with Crippen molar-refractivity contribution in [2.24, 2.45) is 10.8 Å². The van der Waals surface area contributed by atoms with Crippen molar-refractivity contribution >= 4 is 29.3 Å². The lowest BCUT2D eigenvalue weighted by Crippen LogP contribution is -2.30. The van der Waals surface area contributed by atoms with Crippen molar-refractivity contribution in [1.29, 1.82) is 0 Å². The fourth-order valence-electron chi connectivity index (χ4n) is 0.586. The predicted octanol–water partition coefficient (Wildman–Crippen LogP) is 0.201. The molecule has 0 aromatic carbocycles. The Hall–Kier alpha value is -1.30. The van der Waals surface area contributed by atoms with Crippen LogP contribution in [0, 0.1) is 0 Å². The fourth-order valence-corrected chi connectivity index (χ4v) is 0.698. The average molecular weight is 222 g/mol. The van der Waals surface area contributed by atoms with Gasteiger partial charge in [-0.3, -0.25) is 4.79 Å². The van der Waals surface area contributed by atoms with Crippen LogP contribution in [0.1, 0.15) is 13.8 Å². The molecule has 2 amide bonds. The van der Waals surface area contributed by atoms with E-state index in [1.165, 1.54) is 6.92 Å². The Kier molecular flexibility index (Phi) is 5.62. The van der Waals surface area contributed by atoms with Crippen molar-refractivity contribution in [2.45, 2.75) is 19.2 Å². The summed E-state index contributed by atoms with van der Waals surface area (Å²) in [7, 11) is 0. The summed E-state index contributed by atoms with van der Waals surface area (Å²) in [4.78, 5) is 21.3. The Labute approximate surface area is 86.4 Å². The second-order valence-corrected chi connectivity index (χ2v) is 2.78. The van der Waals surface area contributed by atoms with E-state index in [1.54, 1.807) is 6.92 Å². The second-order valence-electron chi connectivity index (χ2n) is 2.34. The molecule has 0 aliphatic rings. The molecular formula is C7H12ClN3O3. The average Bonchev–Trinajstić information content (AvgIpc) is 2.13. The minimum atomic E-state index is -1.01. The molecule has 0 bridgehead atoms. The summed E-state index contributed by atoms with van der Waals surface area (Å²) in [6.07, 6.45) is 0. The largest absolute Gasteiger partial charge is 0.465 e. The van der Waals surface area contributed by atoms with E-state index in [1.807, 2.05) is 5.43 Å². The van der Waals surface area contributed by atoms with Gasteiger partial charge in [-0.1, -0.05) is 0 Å². The summed E-state index contributed by atoms with van der Waals surface area (Å²) in [5.74, 6) is -0.610. The number of nitrogens with zero attached hydrogens (tertiary/aromatic N) is 1. The van der Waals surface area contributed by atoms with Gasteiger partial charge in [0.05, 0.1) is 12.3 Å². The number of alkyl halides is 1. The molecule has 0 saturated heterocycles. The van der Waals surface area contributed by atoms with Crippen LogP contribution < -0.4 is 11.2 Å². The van der Waals surface area contributed by atoms with E-state index in [2.05, 4.69) is 9.84 Å². The van der Waals surface area contributed by atoms with Crippen LogP contribution in [0.15, 0.2) is 5.10 Å². The lowest BCUT2D eigenvalue weighted by molar-refractivity contribution is -0.141. The van der Waals surface area contributed by atoms with Gasteiger partial charge >= 0.3 is 12.0 Å². The van der Waals surface area contributed by atoms with Gasteiger partial charge in [0.2, 0.25) is 0 Å². The summed E-state index contributed by atoms with van der Waals surface area (Å²) in [6.45, 7) is 3.37. The van der Waals surface area contributed by atoms with Crippen molar-refractivity contribution < 1.29 is 14.3 Å². The number of primary amides is 1. The standard InChI is InChI=1S/C7H12ClN3O3/c1-3-14-6(12)5(8)4(2)10-11-7(9)13/h5H,3H2,1-2H3,(H3,9,11,13)/b10-4+. The van der Waals surface area contributed by atoms with Gasteiger partial charge in [0.1, 0.15) is 0 Å². The van der Waals surface area contributed by atoms with E-state index < -0.39 is 17.4 Å². The molecule has 0 aromatic rings. The summed E-state index contributed by atoms with van der Waals surface area (Å²) in [5, 5.41) is 2.47. The maximum absolute atomic E-state index is 11.1. The van der Waals surface area contributed by atoms with Crippen molar-refractivity contribution in [2.75, 3.05) is 6.61 Å². The van der Waals surface area contributed by atoms with Crippen molar-refractivity contribution in [3.8, 4) is 0 Å². The van der Waals surface area contributed by atoms with Crippen LogP contribution in [0.2, 0.25) is 0 Å². The smallest absolute Gasteiger partial charge is 0.332 e. The molecule has 0 aromatic heterocycles. The molecular weight excluding hydrogens is 210 g/mol. The number of carbonyl (C=O) groups is 2. The third-order valence-corrected chi connectivity index (χ3v) is 1.70. The van der Waals surface area contributed by atoms with Crippen molar-refractivity contribution in [3.05, 3.63) is 0 Å². The third-order valence-electron chi connectivity index (χ3n) is 1.20. The number of urea groups is 1. The molecule has 7 heteroatoms. The molecule has 1 unspecified atom stereocenters. The first-order valence-corrected chi connectivity index (χ1v) is 4.33. The molecule has 6 nitrogen and oxygen atoms in total. The van der Waals surface area contributed by atoms with Crippen molar-refractivity contribution in [1.82, 2.24) is 5.43 Å². The van der Waals surface area contributed by atoms with Crippen LogP contribution in [0.25, 0.3) is 0 Å². The number of carbonyl (C=O) groups excluding carboxylic acids is 2. The Morgan fingerprint density at radius 2 is 2.21 bits per heavy atom. The predicted molar refractivity (Wildman–Crippen MR) is 52.1 cm³/mol. The van der Waals surface area contributed by atoms with Crippen LogP contribution >= 0.6 is 11.6 Å². The Bertz CT molecular complexity index is 255. The number of ether oxygens (including phenoxy) is 1. The summed E-state index contributed by atoms with van der Waals surface area (Å²) in [6, 6.07) is -0.822. The van der Waals surface area contributed by atoms with E-state index in [-0.39, 0.29) is 12.3 Å². The monoisotopic (exact) mass is 221 g/mol. The summed E-state index contributed by atoms with van der Waals surface area (Å²) in [5.41, 5.74) is 6.93. The van der Waals surface area contributed by atoms with Gasteiger partial charge in [-0.15, -0.1) is 11.6 Å². The maximum atomic E-state index is 11.1. The van der Waals surface area contributed by atoms with Crippen LogP contribution in [0.4, 0.5) is 4.79 Å². The number of rotatable bonds is 4. The van der Waals surface area contributed by atoms with Gasteiger partial charge < -0.3 is 10.5 Å². The minimum absolute atomic E-state index is 0.212. The number of nitrogens with one attached hydrogen (secondary N) is 1. The highest BCUT2D eigenvalue weighted by molar-refractivity contribution is 6.41. The number of hydrazone groups is 1. The first-order valence-electron chi connectivity index (χ1n) is 3.89. The van der Waals surface area contributed by atoms with Crippen molar-refractivity contribution in [3.63, 3.8) is 0 Å². The third kappa shape index (κ3) is 4.66. The van der Waals surface area contributed by atoms with Crippen LogP contribution in [0.3, 0.4) is 0 Å². The van der Waals surface area contributed by atoms with E-state index in [0.717, 1.165) is 0 Å². The molecule has 0 radical (unpaired) electrons. The number of amides is 2. The zero-order valence-corrected chi connectivity index (χ0v) is 8.67. The number of hydrogen-bond donors (Lipinski definition) is 2. The maximum Gasteiger partial charge on any atom is 0.332 e. The van der Waals surface area contributed by atoms with Crippen LogP contribution in [-0.4, -0.2) is 29.7 Å². The van der Waals surface area contributed by atoms with E-state index in [0.29, 0.717) is 0 Å². The molecule has 0 aliphatic heterocycles. The van der Waals surface area contributed by atoms with Crippen LogP contribution in [-0.2, 0) is 9.53 Å². The topological polar surface area (TPSA) is 93.8 Å². The quantitative estimate of drug-likeness (QED) is 0.307. The van der Waals surface area contributed by atoms with Gasteiger partial charge in [-0.2, -0.15) is 5.10 Å². The highest BCUT2D eigenvalue weighted by Gasteiger charge is 2.19. The van der Waals surface area contributed by atoms with Gasteiger partial charge in [0, 0.05) is 0 Å². The molecule has 0 saturated carbocycles. The normalized spacial score (nSPS) is 13.2. The molecule has 0 fully saturated rings. The second kappa shape index (κ2) is 6.20. The zero-order chi connectivity index (χ0) is 11.1. The molecule has 0 aliphatic carbocycles. The lowest BCUT2D eigenvalue weighted by atomic mass is 10.3. The SMILES string of the molecule is CCOC(=O)C(Cl)/C(C)=N/NC(N)=O. The van der Waals surface area contributed by atoms with Gasteiger partial charge in [0.25, 0.3) is 0 Å². The highest BCUT2D eigenvalue weighted by atomic mass is 35.5. The molecule has 14 heavy (non-hydrogen) atoms. The number of hydrogen-bond acceptors (Lipinski definition) is 4. The Morgan fingerprint density at radius 1 is 1.64 bits per heavy atom. The van der Waals surface area contributed by atoms with E-state index >= 15 is 0 Å². The molecule has 3 N–H and O–H groups in total. The Morgan fingerprint density at radius 3 is 2.64 bits per heavy atom. The first kappa shape index (κ1) is 12.7. The van der Waals surface area contributed by atoms with Gasteiger partial charge in [-0.25, -0.2) is 10.2 Å². The van der Waals surface area contributed by atoms with E-state index in [9.17, 15) is 9.59 Å². The number of esters is 1. The molecule has 0 spiro atoms. The molecule has 1 atom stereocenters.